The number of hydrogen-bond donors (Lipinski definition) is 0. The van der Waals surface area contributed by atoms with Crippen molar-refractivity contribution in [2.45, 2.75) is 26.2 Å². The second-order valence-corrected chi connectivity index (χ2v) is 14.6. The van der Waals surface area contributed by atoms with E-state index in [1.807, 2.05) is 0 Å². The Morgan fingerprint density at radius 1 is 0.481 bits per heavy atom. The van der Waals surface area contributed by atoms with Crippen molar-refractivity contribution in [2.24, 2.45) is 0 Å². The van der Waals surface area contributed by atoms with Crippen LogP contribution in [0.5, 0.6) is 0 Å². The molecule has 0 saturated heterocycles. The molecule has 8 aromatic carbocycles. The fraction of sp³-hybridized carbons (Fsp3) is 0.0800. The van der Waals surface area contributed by atoms with E-state index >= 15 is 0 Å². The average molecular weight is 667 g/mol. The summed E-state index contributed by atoms with van der Waals surface area (Å²) in [6.07, 6.45) is 0. The van der Waals surface area contributed by atoms with E-state index in [-0.39, 0.29) is 5.41 Å². The molecule has 52 heavy (non-hydrogen) atoms. The summed E-state index contributed by atoms with van der Waals surface area (Å²) < 4.78 is 2.50. The van der Waals surface area contributed by atoms with Gasteiger partial charge in [0.2, 0.25) is 0 Å². The first-order valence-electron chi connectivity index (χ1n) is 18.2. The molecule has 9 aromatic rings. The van der Waals surface area contributed by atoms with Gasteiger partial charge in [0.25, 0.3) is 0 Å². The minimum Gasteiger partial charge on any atom is -0.310 e. The second kappa shape index (κ2) is 11.6. The van der Waals surface area contributed by atoms with E-state index in [1.165, 1.54) is 82.9 Å². The molecule has 248 valence electrons. The van der Waals surface area contributed by atoms with Gasteiger partial charge >= 0.3 is 0 Å². The number of aromatic nitrogens is 1. The summed E-state index contributed by atoms with van der Waals surface area (Å²) in [4.78, 5) is 2.41. The maximum Gasteiger partial charge on any atom is 0.0619 e. The molecule has 2 nitrogen and oxygen atoms in total. The van der Waals surface area contributed by atoms with Crippen molar-refractivity contribution in [2.75, 3.05) is 4.90 Å². The fourth-order valence-electron chi connectivity index (χ4n) is 8.76. The van der Waals surface area contributed by atoms with Crippen molar-refractivity contribution >= 4 is 49.6 Å². The Morgan fingerprint density at radius 2 is 1.12 bits per heavy atom. The van der Waals surface area contributed by atoms with Crippen LogP contribution in [0.1, 0.15) is 30.5 Å². The zero-order valence-electron chi connectivity index (χ0n) is 29.6. The Bertz CT molecular complexity index is 2770. The van der Waals surface area contributed by atoms with Crippen molar-refractivity contribution < 1.29 is 0 Å². The van der Waals surface area contributed by atoms with E-state index < -0.39 is 0 Å². The first kappa shape index (κ1) is 30.4. The summed E-state index contributed by atoms with van der Waals surface area (Å²) in [7, 11) is 0. The zero-order valence-corrected chi connectivity index (χ0v) is 29.6. The van der Waals surface area contributed by atoms with Crippen LogP contribution in [0.25, 0.3) is 60.5 Å². The first-order chi connectivity index (χ1) is 25.5. The third kappa shape index (κ3) is 4.50. The quantitative estimate of drug-likeness (QED) is 0.177. The highest BCUT2D eigenvalue weighted by atomic mass is 15.1. The molecule has 0 radical (unpaired) electrons. The van der Waals surface area contributed by atoms with Gasteiger partial charge in [-0.15, -0.1) is 0 Å². The lowest BCUT2D eigenvalue weighted by Gasteiger charge is -2.29. The van der Waals surface area contributed by atoms with Crippen molar-refractivity contribution in [3.8, 4) is 27.9 Å². The van der Waals surface area contributed by atoms with Gasteiger partial charge in [0.1, 0.15) is 0 Å². The summed E-state index contributed by atoms with van der Waals surface area (Å²) in [5.41, 5.74) is 16.0. The molecule has 2 heteroatoms. The Labute approximate surface area is 304 Å². The minimum atomic E-state index is -0.240. The minimum absolute atomic E-state index is 0.240. The van der Waals surface area contributed by atoms with Gasteiger partial charge in [-0.1, -0.05) is 141 Å². The molecule has 1 aliphatic carbocycles. The third-order valence-electron chi connectivity index (χ3n) is 11.2. The largest absolute Gasteiger partial charge is 0.310 e. The van der Waals surface area contributed by atoms with Crippen molar-refractivity contribution in [1.82, 2.24) is 4.57 Å². The Kier molecular flexibility index (Phi) is 6.78. The van der Waals surface area contributed by atoms with Crippen LogP contribution in [0.2, 0.25) is 0 Å². The van der Waals surface area contributed by atoms with Crippen LogP contribution in [0.4, 0.5) is 17.1 Å². The maximum absolute atomic E-state index is 2.50. The smallest absolute Gasteiger partial charge is 0.0619 e. The standard InChI is InChI=1S/C50H38N2/c1-33-26-29-46-43(30-33)41-25-15-24-38(34-16-7-4-8-17-34)49(41)52(46)37-27-28-42-44(31-37)50(2,3)45-32-47(39-22-13-14-23-40(39)48(42)45)51(35-18-9-5-10-19-35)36-20-11-6-12-21-36/h4-32H,1-3H3. The number of anilines is 3. The SMILES string of the molecule is Cc1ccc2c(c1)c1cccc(-c3ccccc3)c1n2-c1ccc2c(c1)C(C)(C)c1cc(N(c3ccccc3)c3ccccc3)c3ccccc3c1-2. The fourth-order valence-corrected chi connectivity index (χ4v) is 8.76. The lowest BCUT2D eigenvalue weighted by Crippen LogP contribution is -2.17. The molecule has 0 bridgehead atoms. The van der Waals surface area contributed by atoms with E-state index in [2.05, 4.69) is 206 Å². The molecular weight excluding hydrogens is 629 g/mol. The van der Waals surface area contributed by atoms with Gasteiger partial charge < -0.3 is 9.47 Å². The van der Waals surface area contributed by atoms with Crippen LogP contribution in [0, 0.1) is 6.92 Å². The van der Waals surface area contributed by atoms with Crippen LogP contribution >= 0.6 is 0 Å². The van der Waals surface area contributed by atoms with Gasteiger partial charge in [0.05, 0.1) is 16.7 Å². The molecule has 0 N–H and O–H groups in total. The van der Waals surface area contributed by atoms with E-state index in [9.17, 15) is 0 Å². The molecular formula is C50H38N2. The number of nitrogens with zero attached hydrogens (tertiary/aromatic N) is 2. The molecule has 0 fully saturated rings. The first-order valence-corrected chi connectivity index (χ1v) is 18.2. The summed E-state index contributed by atoms with van der Waals surface area (Å²) >= 11 is 0. The lowest BCUT2D eigenvalue weighted by atomic mass is 9.81. The highest BCUT2D eigenvalue weighted by molar-refractivity contribution is 6.14. The van der Waals surface area contributed by atoms with Crippen molar-refractivity contribution in [3.63, 3.8) is 0 Å². The lowest BCUT2D eigenvalue weighted by molar-refractivity contribution is 0.660. The van der Waals surface area contributed by atoms with Crippen LogP contribution in [-0.4, -0.2) is 4.57 Å². The summed E-state index contributed by atoms with van der Waals surface area (Å²) in [6.45, 7) is 6.99. The van der Waals surface area contributed by atoms with Gasteiger partial charge in [-0.25, -0.2) is 0 Å². The predicted octanol–water partition coefficient (Wildman–Crippen LogP) is 13.7. The van der Waals surface area contributed by atoms with Gasteiger partial charge in [-0.05, 0) is 94.7 Å². The molecule has 0 unspecified atom stereocenters. The Balaban J connectivity index is 1.23. The molecule has 1 aliphatic rings. The highest BCUT2D eigenvalue weighted by Crippen LogP contribution is 2.55. The van der Waals surface area contributed by atoms with Crippen molar-refractivity contribution in [1.29, 1.82) is 0 Å². The van der Waals surface area contributed by atoms with Gasteiger partial charge in [0, 0.05) is 44.2 Å². The monoisotopic (exact) mass is 666 g/mol. The van der Waals surface area contributed by atoms with Crippen LogP contribution in [-0.2, 0) is 5.41 Å². The molecule has 1 aromatic heterocycles. The Morgan fingerprint density at radius 3 is 1.83 bits per heavy atom. The van der Waals surface area contributed by atoms with E-state index in [0.717, 1.165) is 11.4 Å². The van der Waals surface area contributed by atoms with Crippen molar-refractivity contribution in [3.05, 3.63) is 193 Å². The molecule has 0 amide bonds. The number of rotatable bonds is 5. The Hall–Kier alpha value is -6.38. The zero-order chi connectivity index (χ0) is 35.0. The number of aryl methyl sites for hydroxylation is 1. The number of fused-ring (bicyclic) bond motifs is 8. The van der Waals surface area contributed by atoms with Crippen LogP contribution in [0.15, 0.2) is 176 Å². The van der Waals surface area contributed by atoms with E-state index in [0.29, 0.717) is 0 Å². The van der Waals surface area contributed by atoms with Gasteiger partial charge in [0.15, 0.2) is 0 Å². The van der Waals surface area contributed by atoms with Crippen LogP contribution in [0.3, 0.4) is 0 Å². The van der Waals surface area contributed by atoms with E-state index in [1.54, 1.807) is 0 Å². The summed E-state index contributed by atoms with van der Waals surface area (Å²) in [6, 6.07) is 64.6. The maximum atomic E-state index is 2.50. The van der Waals surface area contributed by atoms with Crippen LogP contribution < -0.4 is 4.90 Å². The molecule has 0 saturated carbocycles. The number of para-hydroxylation sites is 3. The van der Waals surface area contributed by atoms with E-state index in [4.69, 9.17) is 0 Å². The molecule has 0 spiro atoms. The van der Waals surface area contributed by atoms with Gasteiger partial charge in [-0.3, -0.25) is 0 Å². The second-order valence-electron chi connectivity index (χ2n) is 14.6. The summed E-state index contributed by atoms with van der Waals surface area (Å²) in [5.74, 6) is 0. The molecule has 10 rings (SSSR count). The highest BCUT2D eigenvalue weighted by Gasteiger charge is 2.38. The summed E-state index contributed by atoms with van der Waals surface area (Å²) in [5, 5.41) is 5.09. The normalized spacial score (nSPS) is 13.1. The topological polar surface area (TPSA) is 8.17 Å². The number of benzene rings is 8. The third-order valence-corrected chi connectivity index (χ3v) is 11.2. The molecule has 0 atom stereocenters. The van der Waals surface area contributed by atoms with Gasteiger partial charge in [-0.2, -0.15) is 0 Å². The predicted molar refractivity (Wildman–Crippen MR) is 221 cm³/mol. The molecule has 0 aliphatic heterocycles. The molecule has 1 heterocycles. The average Bonchev–Trinajstić information content (AvgIpc) is 3.63. The number of hydrogen-bond acceptors (Lipinski definition) is 1.